The highest BCUT2D eigenvalue weighted by molar-refractivity contribution is 5.71. The highest BCUT2D eigenvalue weighted by Crippen LogP contribution is 2.16. The maximum atomic E-state index is 12.8. The average molecular weight is 899 g/mol. The number of ether oxygens (including phenoxy) is 3. The standard InChI is InChI=1S/C58H106O6/c1-4-7-10-13-16-19-22-24-25-26-27-28-29-30-31-32-33-35-36-39-42-45-48-51-57(60)63-54-55(53-62-56(59)50-47-44-41-38-21-18-15-12-9-6-3)64-58(61)52-49-46-43-40-37-34-23-20-17-14-11-8-5-2/h12,15,22,24,26-27,55H,4-11,13-14,16-21,23,25,28-54H2,1-3H3/b15-12-,24-22-,27-26-. The van der Waals surface area contributed by atoms with Crippen LogP contribution in [0.2, 0.25) is 0 Å². The molecule has 0 rings (SSSR count). The van der Waals surface area contributed by atoms with E-state index in [1.54, 1.807) is 0 Å². The van der Waals surface area contributed by atoms with Gasteiger partial charge in [0.1, 0.15) is 13.2 Å². The third-order valence-electron chi connectivity index (χ3n) is 12.3. The fraction of sp³-hybridized carbons (Fsp3) is 0.845. The number of esters is 3. The molecular formula is C58H106O6. The smallest absolute Gasteiger partial charge is 0.306 e. The Balaban J connectivity index is 4.21. The molecule has 0 spiro atoms. The summed E-state index contributed by atoms with van der Waals surface area (Å²) in [6.07, 6.45) is 62.8. The minimum Gasteiger partial charge on any atom is -0.462 e. The lowest BCUT2D eigenvalue weighted by Gasteiger charge is -2.18. The van der Waals surface area contributed by atoms with E-state index in [1.165, 1.54) is 180 Å². The quantitative estimate of drug-likeness (QED) is 0.0262. The van der Waals surface area contributed by atoms with Crippen molar-refractivity contribution in [3.8, 4) is 0 Å². The molecule has 64 heavy (non-hydrogen) atoms. The van der Waals surface area contributed by atoms with Gasteiger partial charge in [0.2, 0.25) is 0 Å². The Kier molecular flexibility index (Phi) is 51.3. The van der Waals surface area contributed by atoms with Gasteiger partial charge in [-0.1, -0.05) is 243 Å². The second-order valence-electron chi connectivity index (χ2n) is 18.8. The summed E-state index contributed by atoms with van der Waals surface area (Å²) in [6, 6.07) is 0. The topological polar surface area (TPSA) is 78.9 Å². The number of unbranched alkanes of at least 4 members (excludes halogenated alkanes) is 34. The van der Waals surface area contributed by atoms with E-state index in [0.717, 1.165) is 77.0 Å². The van der Waals surface area contributed by atoms with Crippen molar-refractivity contribution in [2.24, 2.45) is 0 Å². The van der Waals surface area contributed by atoms with Crippen molar-refractivity contribution in [1.29, 1.82) is 0 Å². The molecule has 1 unspecified atom stereocenters. The molecule has 0 aromatic heterocycles. The molecular weight excluding hydrogens is 793 g/mol. The monoisotopic (exact) mass is 899 g/mol. The molecule has 0 N–H and O–H groups in total. The summed E-state index contributed by atoms with van der Waals surface area (Å²) in [7, 11) is 0. The molecule has 6 heteroatoms. The van der Waals surface area contributed by atoms with Gasteiger partial charge in [-0.2, -0.15) is 0 Å². The second kappa shape index (κ2) is 53.2. The van der Waals surface area contributed by atoms with Crippen LogP contribution >= 0.6 is 0 Å². The molecule has 0 saturated heterocycles. The summed E-state index contributed by atoms with van der Waals surface area (Å²) in [5.41, 5.74) is 0. The first kappa shape index (κ1) is 61.6. The zero-order chi connectivity index (χ0) is 46.5. The summed E-state index contributed by atoms with van der Waals surface area (Å²) in [6.45, 7) is 6.59. The van der Waals surface area contributed by atoms with Crippen molar-refractivity contribution in [3.63, 3.8) is 0 Å². The van der Waals surface area contributed by atoms with E-state index >= 15 is 0 Å². The molecule has 374 valence electrons. The van der Waals surface area contributed by atoms with Gasteiger partial charge in [-0.15, -0.1) is 0 Å². The largest absolute Gasteiger partial charge is 0.462 e. The zero-order valence-electron chi connectivity index (χ0n) is 42.8. The van der Waals surface area contributed by atoms with Crippen molar-refractivity contribution in [3.05, 3.63) is 36.5 Å². The van der Waals surface area contributed by atoms with Crippen molar-refractivity contribution in [2.75, 3.05) is 13.2 Å². The van der Waals surface area contributed by atoms with Crippen LogP contribution in [0.25, 0.3) is 0 Å². The van der Waals surface area contributed by atoms with Gasteiger partial charge in [0, 0.05) is 19.3 Å². The van der Waals surface area contributed by atoms with E-state index in [9.17, 15) is 14.4 Å². The summed E-state index contributed by atoms with van der Waals surface area (Å²) in [5.74, 6) is -0.872. The van der Waals surface area contributed by atoms with Crippen LogP contribution in [0.4, 0.5) is 0 Å². The molecule has 0 aromatic rings. The van der Waals surface area contributed by atoms with Crippen LogP contribution in [0.1, 0.15) is 297 Å². The van der Waals surface area contributed by atoms with Gasteiger partial charge < -0.3 is 14.2 Å². The molecule has 6 nitrogen and oxygen atoms in total. The molecule has 0 amide bonds. The lowest BCUT2D eigenvalue weighted by Crippen LogP contribution is -2.30. The van der Waals surface area contributed by atoms with E-state index in [1.807, 2.05) is 0 Å². The molecule has 0 radical (unpaired) electrons. The Hall–Kier alpha value is -2.37. The third kappa shape index (κ3) is 50.6. The van der Waals surface area contributed by atoms with Gasteiger partial charge in [-0.05, 0) is 70.6 Å². The number of allylic oxidation sites excluding steroid dienone is 6. The number of carbonyl (C=O) groups is 3. The fourth-order valence-electron chi connectivity index (χ4n) is 8.12. The van der Waals surface area contributed by atoms with Gasteiger partial charge in [0.15, 0.2) is 6.10 Å². The molecule has 0 aromatic carbocycles. The first-order chi connectivity index (χ1) is 31.5. The van der Waals surface area contributed by atoms with Gasteiger partial charge in [0.25, 0.3) is 0 Å². The SMILES string of the molecule is CCC/C=C\CCCCCCCC(=O)OCC(COC(=O)CCCCCCCCCCCCC/C=C\C/C=C\CCCCCCC)OC(=O)CCCCCCCCCCCCCCC. The van der Waals surface area contributed by atoms with E-state index in [0.29, 0.717) is 19.3 Å². The van der Waals surface area contributed by atoms with Crippen molar-refractivity contribution >= 4 is 17.9 Å². The van der Waals surface area contributed by atoms with Gasteiger partial charge in [0.05, 0.1) is 0 Å². The highest BCUT2D eigenvalue weighted by atomic mass is 16.6. The Bertz CT molecular complexity index is 1080. The Labute approximate surface area is 397 Å². The average Bonchev–Trinajstić information content (AvgIpc) is 3.29. The Morgan fingerprint density at radius 2 is 0.594 bits per heavy atom. The van der Waals surface area contributed by atoms with E-state index in [4.69, 9.17) is 14.2 Å². The number of carbonyl (C=O) groups excluding carboxylic acids is 3. The Morgan fingerprint density at radius 1 is 0.312 bits per heavy atom. The van der Waals surface area contributed by atoms with Crippen molar-refractivity contribution < 1.29 is 28.6 Å². The predicted octanol–water partition coefficient (Wildman–Crippen LogP) is 18.5. The van der Waals surface area contributed by atoms with Crippen LogP contribution in [0.15, 0.2) is 36.5 Å². The molecule has 0 saturated carbocycles. The summed E-state index contributed by atoms with van der Waals surface area (Å²) in [4.78, 5) is 38.0. The first-order valence-corrected chi connectivity index (χ1v) is 28.0. The molecule has 0 aliphatic rings. The summed E-state index contributed by atoms with van der Waals surface area (Å²) < 4.78 is 16.8. The van der Waals surface area contributed by atoms with Gasteiger partial charge in [-0.25, -0.2) is 0 Å². The third-order valence-corrected chi connectivity index (χ3v) is 12.3. The van der Waals surface area contributed by atoms with Gasteiger partial charge >= 0.3 is 17.9 Å². The predicted molar refractivity (Wildman–Crippen MR) is 275 cm³/mol. The van der Waals surface area contributed by atoms with E-state index in [-0.39, 0.29) is 31.1 Å². The lowest BCUT2D eigenvalue weighted by atomic mass is 10.0. The highest BCUT2D eigenvalue weighted by Gasteiger charge is 2.19. The maximum Gasteiger partial charge on any atom is 0.306 e. The number of hydrogen-bond acceptors (Lipinski definition) is 6. The van der Waals surface area contributed by atoms with E-state index in [2.05, 4.69) is 57.2 Å². The lowest BCUT2D eigenvalue weighted by molar-refractivity contribution is -0.167. The molecule has 0 fully saturated rings. The minimum absolute atomic E-state index is 0.0726. The van der Waals surface area contributed by atoms with Gasteiger partial charge in [-0.3, -0.25) is 14.4 Å². The van der Waals surface area contributed by atoms with Crippen LogP contribution in [0, 0.1) is 0 Å². The molecule has 0 heterocycles. The minimum atomic E-state index is -0.771. The first-order valence-electron chi connectivity index (χ1n) is 28.0. The Morgan fingerprint density at radius 3 is 0.938 bits per heavy atom. The summed E-state index contributed by atoms with van der Waals surface area (Å²) in [5, 5.41) is 0. The molecule has 0 bridgehead atoms. The van der Waals surface area contributed by atoms with Crippen molar-refractivity contribution in [2.45, 2.75) is 303 Å². The molecule has 0 aliphatic heterocycles. The molecule has 0 aliphatic carbocycles. The number of hydrogen-bond donors (Lipinski definition) is 0. The zero-order valence-corrected chi connectivity index (χ0v) is 42.8. The molecule has 1 atom stereocenters. The van der Waals surface area contributed by atoms with E-state index < -0.39 is 6.10 Å². The van der Waals surface area contributed by atoms with Crippen molar-refractivity contribution in [1.82, 2.24) is 0 Å². The second-order valence-corrected chi connectivity index (χ2v) is 18.8. The normalized spacial score (nSPS) is 12.2. The number of rotatable bonds is 51. The van der Waals surface area contributed by atoms with Crippen LogP contribution in [-0.2, 0) is 28.6 Å². The fourth-order valence-corrected chi connectivity index (χ4v) is 8.12. The van der Waals surface area contributed by atoms with Crippen LogP contribution in [-0.4, -0.2) is 37.2 Å². The van der Waals surface area contributed by atoms with Crippen LogP contribution in [0.3, 0.4) is 0 Å². The summed E-state index contributed by atoms with van der Waals surface area (Å²) >= 11 is 0. The van der Waals surface area contributed by atoms with Crippen LogP contribution < -0.4 is 0 Å². The maximum absolute atomic E-state index is 12.8. The van der Waals surface area contributed by atoms with Crippen LogP contribution in [0.5, 0.6) is 0 Å².